The van der Waals surface area contributed by atoms with Crippen LogP contribution in [0.2, 0.25) is 0 Å². The summed E-state index contributed by atoms with van der Waals surface area (Å²) in [4.78, 5) is 69.8. The highest BCUT2D eigenvalue weighted by Crippen LogP contribution is 2.53. The van der Waals surface area contributed by atoms with Crippen molar-refractivity contribution in [3.05, 3.63) is 109 Å². The molecule has 3 unspecified atom stereocenters. The summed E-state index contributed by atoms with van der Waals surface area (Å²) in [6.45, 7) is 1.67. The summed E-state index contributed by atoms with van der Waals surface area (Å²) in [5, 5.41) is 13.5. The van der Waals surface area contributed by atoms with Crippen LogP contribution < -0.4 is 15.1 Å². The third kappa shape index (κ3) is 4.72. The largest absolute Gasteiger partial charge is 0.325 e. The quantitative estimate of drug-likeness (QED) is 0.203. The molecular formula is C28H21N5O6S2. The van der Waals surface area contributed by atoms with Crippen LogP contribution in [0.5, 0.6) is 0 Å². The molecule has 1 fully saturated rings. The second-order valence-electron chi connectivity index (χ2n) is 9.65. The number of carbonyl (C=O) groups is 3. The zero-order valence-electron chi connectivity index (χ0n) is 21.4. The number of thiazole rings is 1. The van der Waals surface area contributed by atoms with Crippen LogP contribution in [0.4, 0.5) is 17.1 Å². The Morgan fingerprint density at radius 1 is 1.05 bits per heavy atom. The van der Waals surface area contributed by atoms with Crippen LogP contribution in [0.25, 0.3) is 0 Å². The van der Waals surface area contributed by atoms with Crippen LogP contribution in [0.15, 0.2) is 82.9 Å². The van der Waals surface area contributed by atoms with Gasteiger partial charge in [-0.15, -0.1) is 0 Å². The van der Waals surface area contributed by atoms with Gasteiger partial charge in [0.25, 0.3) is 5.69 Å². The summed E-state index contributed by atoms with van der Waals surface area (Å²) in [7, 11) is 0. The van der Waals surface area contributed by atoms with Gasteiger partial charge in [-0.3, -0.25) is 38.8 Å². The molecule has 41 heavy (non-hydrogen) atoms. The number of nitrogens with one attached hydrogen (secondary N) is 1. The van der Waals surface area contributed by atoms with E-state index in [-0.39, 0.29) is 22.8 Å². The van der Waals surface area contributed by atoms with Crippen molar-refractivity contribution < 1.29 is 19.3 Å². The molecule has 0 spiro atoms. The van der Waals surface area contributed by atoms with Gasteiger partial charge in [0.05, 0.1) is 21.6 Å². The van der Waals surface area contributed by atoms with E-state index in [0.717, 1.165) is 33.6 Å². The second kappa shape index (κ2) is 10.4. The van der Waals surface area contributed by atoms with Crippen LogP contribution in [-0.4, -0.2) is 37.4 Å². The summed E-state index contributed by atoms with van der Waals surface area (Å²) in [5.41, 5.74) is 2.35. The molecule has 1 N–H and O–H groups in total. The molecule has 0 saturated carbocycles. The Labute approximate surface area is 241 Å². The lowest BCUT2D eigenvalue weighted by Crippen LogP contribution is -2.33. The number of imide groups is 1. The van der Waals surface area contributed by atoms with Crippen LogP contribution in [-0.2, 0) is 20.9 Å². The lowest BCUT2D eigenvalue weighted by molar-refractivity contribution is -0.384. The Bertz CT molecular complexity index is 1750. The fraction of sp³-hybridized carbons (Fsp3) is 0.179. The predicted octanol–water partition coefficient (Wildman–Crippen LogP) is 3.96. The van der Waals surface area contributed by atoms with Crippen LogP contribution in [0.1, 0.15) is 21.9 Å². The highest BCUT2D eigenvalue weighted by atomic mass is 32.2. The first-order chi connectivity index (χ1) is 19.7. The van der Waals surface area contributed by atoms with E-state index in [1.807, 2.05) is 19.1 Å². The van der Waals surface area contributed by atoms with E-state index in [1.54, 1.807) is 36.7 Å². The summed E-state index contributed by atoms with van der Waals surface area (Å²) in [5.74, 6) is -2.85. The average Bonchev–Trinajstić information content (AvgIpc) is 3.40. The minimum absolute atomic E-state index is 0.164. The topological polar surface area (TPSA) is 145 Å². The molecule has 1 saturated heterocycles. The Morgan fingerprint density at radius 2 is 1.78 bits per heavy atom. The number of thioether (sulfide) groups is 1. The maximum atomic E-state index is 13.9. The molecule has 3 atom stereocenters. The molecule has 3 amide bonds. The van der Waals surface area contributed by atoms with Crippen molar-refractivity contribution in [1.29, 1.82) is 0 Å². The van der Waals surface area contributed by atoms with Crippen LogP contribution in [0.3, 0.4) is 0 Å². The van der Waals surface area contributed by atoms with Gasteiger partial charge in [-0.25, -0.2) is 4.90 Å². The number of amides is 3. The molecule has 206 valence electrons. The van der Waals surface area contributed by atoms with Gasteiger partial charge >= 0.3 is 4.87 Å². The SMILES string of the molecule is Cc1ccc(NC(=O)Cn2c3c(sc2=O)C(c2cccnc2)C2C(=O)N(c4ccc([N+](=O)[O-])cc4)C(=O)C2S3)cc1. The number of fused-ring (bicyclic) bond motifs is 2. The fourth-order valence-corrected chi connectivity index (χ4v) is 7.91. The van der Waals surface area contributed by atoms with Gasteiger partial charge in [-0.05, 0) is 42.8 Å². The molecule has 13 heteroatoms. The van der Waals surface area contributed by atoms with Gasteiger partial charge in [0.15, 0.2) is 0 Å². The monoisotopic (exact) mass is 587 g/mol. The number of carbonyl (C=O) groups excluding carboxylic acids is 3. The minimum Gasteiger partial charge on any atom is -0.325 e. The number of nitrogens with zero attached hydrogens (tertiary/aromatic N) is 4. The summed E-state index contributed by atoms with van der Waals surface area (Å²) in [6.07, 6.45) is 3.19. The molecular weight excluding hydrogens is 566 g/mol. The van der Waals surface area contributed by atoms with E-state index < -0.39 is 39.7 Å². The number of benzene rings is 2. The molecule has 0 aliphatic carbocycles. The number of anilines is 2. The Morgan fingerprint density at radius 3 is 2.44 bits per heavy atom. The smallest absolute Gasteiger partial charge is 0.308 e. The zero-order valence-corrected chi connectivity index (χ0v) is 23.1. The number of rotatable bonds is 6. The molecule has 0 radical (unpaired) electrons. The van der Waals surface area contributed by atoms with Crippen LogP contribution >= 0.6 is 23.1 Å². The Kier molecular flexibility index (Phi) is 6.75. The van der Waals surface area contributed by atoms with E-state index in [9.17, 15) is 29.3 Å². The standard InChI is InChI=1S/C28H21N5O6S2/c1-15-4-6-17(7-5-15)30-20(34)14-31-27-24(41-28(31)37)21(16-3-2-12-29-13-16)22-23(40-27)26(36)32(25(22)35)18-8-10-19(11-9-18)33(38)39/h2-13,21-23H,14H2,1H3,(H,30,34). The van der Waals surface area contributed by atoms with E-state index >= 15 is 0 Å². The van der Waals surface area contributed by atoms with Gasteiger partial charge in [0.2, 0.25) is 17.7 Å². The number of nitro benzene ring substituents is 1. The number of hydrogen-bond acceptors (Lipinski definition) is 9. The van der Waals surface area contributed by atoms with Gasteiger partial charge in [-0.2, -0.15) is 0 Å². The van der Waals surface area contributed by atoms with Gasteiger partial charge in [0.1, 0.15) is 11.8 Å². The minimum atomic E-state index is -0.879. The van der Waals surface area contributed by atoms with Crippen LogP contribution in [0, 0.1) is 23.0 Å². The third-order valence-electron chi connectivity index (χ3n) is 7.05. The maximum absolute atomic E-state index is 13.9. The highest BCUT2D eigenvalue weighted by Gasteiger charge is 2.57. The van der Waals surface area contributed by atoms with Crippen molar-refractivity contribution >= 4 is 57.9 Å². The van der Waals surface area contributed by atoms with E-state index in [0.29, 0.717) is 21.2 Å². The van der Waals surface area contributed by atoms with Crippen molar-refractivity contribution in [2.45, 2.75) is 29.7 Å². The second-order valence-corrected chi connectivity index (χ2v) is 11.8. The first kappa shape index (κ1) is 26.6. The third-order valence-corrected chi connectivity index (χ3v) is 9.65. The molecule has 2 aliphatic rings. The molecule has 11 nitrogen and oxygen atoms in total. The molecule has 0 bridgehead atoms. The summed E-state index contributed by atoms with van der Waals surface area (Å²) < 4.78 is 1.35. The maximum Gasteiger partial charge on any atom is 0.308 e. The van der Waals surface area contributed by atoms with Crippen molar-refractivity contribution in [3.63, 3.8) is 0 Å². The number of aromatic nitrogens is 2. The molecule has 6 rings (SSSR count). The summed E-state index contributed by atoms with van der Waals surface area (Å²) in [6, 6.07) is 16.0. The van der Waals surface area contributed by atoms with Crippen molar-refractivity contribution in [2.24, 2.45) is 5.92 Å². The normalized spacial score (nSPS) is 19.5. The molecule has 2 aromatic heterocycles. The average molecular weight is 588 g/mol. The Balaban J connectivity index is 1.38. The molecule has 4 aromatic rings. The number of hydrogen-bond donors (Lipinski definition) is 1. The van der Waals surface area contributed by atoms with Gasteiger partial charge < -0.3 is 5.32 Å². The fourth-order valence-electron chi connectivity index (χ4n) is 5.13. The number of aryl methyl sites for hydroxylation is 1. The van der Waals surface area contributed by atoms with Crippen molar-refractivity contribution in [2.75, 3.05) is 10.2 Å². The van der Waals surface area contributed by atoms with Crippen molar-refractivity contribution in [1.82, 2.24) is 9.55 Å². The van der Waals surface area contributed by atoms with E-state index in [2.05, 4.69) is 10.3 Å². The zero-order chi connectivity index (χ0) is 28.8. The number of pyridine rings is 1. The molecule has 2 aromatic carbocycles. The number of non-ortho nitro benzene ring substituents is 1. The van der Waals surface area contributed by atoms with Crippen molar-refractivity contribution in [3.8, 4) is 0 Å². The first-order valence-electron chi connectivity index (χ1n) is 12.5. The molecule has 2 aliphatic heterocycles. The lowest BCUT2D eigenvalue weighted by Gasteiger charge is -2.30. The predicted molar refractivity (Wildman–Crippen MR) is 153 cm³/mol. The van der Waals surface area contributed by atoms with E-state index in [1.165, 1.54) is 28.8 Å². The number of nitro groups is 1. The van der Waals surface area contributed by atoms with E-state index in [4.69, 9.17) is 0 Å². The lowest BCUT2D eigenvalue weighted by atomic mass is 9.84. The van der Waals surface area contributed by atoms with Gasteiger partial charge in [-0.1, -0.05) is 46.9 Å². The van der Waals surface area contributed by atoms with Gasteiger partial charge in [0, 0.05) is 41.0 Å². The molecule has 4 heterocycles. The Hall–Kier alpha value is -4.62. The first-order valence-corrected chi connectivity index (χ1v) is 14.2. The highest BCUT2D eigenvalue weighted by molar-refractivity contribution is 8.00. The summed E-state index contributed by atoms with van der Waals surface area (Å²) >= 11 is 2.04.